The molecule has 0 N–H and O–H groups in total. The molecule has 2 amide bonds. The number of carbonyl (C=O) groups is 2. The molecule has 1 aliphatic rings. The van der Waals surface area contributed by atoms with Crippen LogP contribution in [0.5, 0.6) is 0 Å². The zero-order valence-corrected chi connectivity index (χ0v) is 11.9. The van der Waals surface area contributed by atoms with E-state index in [2.05, 4.69) is 13.8 Å². The van der Waals surface area contributed by atoms with Gasteiger partial charge in [-0.15, -0.1) is 0 Å². The van der Waals surface area contributed by atoms with Crippen LogP contribution in [0.2, 0.25) is 0 Å². The lowest BCUT2D eigenvalue weighted by molar-refractivity contribution is -0.130. The molecule has 104 valence electrons. The third-order valence-corrected chi connectivity index (χ3v) is 3.52. The molecule has 18 heavy (non-hydrogen) atoms. The summed E-state index contributed by atoms with van der Waals surface area (Å²) in [7, 11) is 0. The minimum absolute atomic E-state index is 0.0835. The molecule has 2 atom stereocenters. The zero-order valence-electron chi connectivity index (χ0n) is 11.9. The van der Waals surface area contributed by atoms with E-state index in [4.69, 9.17) is 4.74 Å². The average Bonchev–Trinajstić information content (AvgIpc) is 2.68. The quantitative estimate of drug-likeness (QED) is 0.732. The second kappa shape index (κ2) is 6.76. The van der Waals surface area contributed by atoms with E-state index in [9.17, 15) is 9.59 Å². The fourth-order valence-corrected chi connectivity index (χ4v) is 2.26. The van der Waals surface area contributed by atoms with Crippen LogP contribution in [0.25, 0.3) is 0 Å². The van der Waals surface area contributed by atoms with Crippen LogP contribution in [-0.4, -0.2) is 29.5 Å². The van der Waals surface area contributed by atoms with Crippen molar-refractivity contribution in [1.82, 2.24) is 4.90 Å². The lowest BCUT2D eigenvalue weighted by atomic mass is 9.98. The normalized spacial score (nSPS) is 21.3. The van der Waals surface area contributed by atoms with Crippen LogP contribution in [-0.2, 0) is 9.53 Å². The highest BCUT2D eigenvalue weighted by Crippen LogP contribution is 2.22. The van der Waals surface area contributed by atoms with Gasteiger partial charge in [0.05, 0.1) is 6.04 Å². The van der Waals surface area contributed by atoms with Crippen LogP contribution in [0.1, 0.15) is 53.4 Å². The number of hydrogen-bond acceptors (Lipinski definition) is 3. The Labute approximate surface area is 110 Å². The maximum atomic E-state index is 12.2. The molecule has 0 saturated carbocycles. The molecule has 0 aromatic carbocycles. The summed E-state index contributed by atoms with van der Waals surface area (Å²) in [6.45, 7) is 8.56. The summed E-state index contributed by atoms with van der Waals surface area (Å²) in [6.07, 6.45) is 3.28. The zero-order chi connectivity index (χ0) is 13.7. The van der Waals surface area contributed by atoms with Crippen LogP contribution in [0.3, 0.4) is 0 Å². The minimum atomic E-state index is -0.471. The standard InChI is InChI=1S/C14H25NO3/c1-5-6-7-11(4)8-13(16)15-12(10(2)3)9-18-14(15)17/h10-12H,5-9H2,1-4H3/t11-,12-/m1/s1. The molecule has 0 aliphatic carbocycles. The number of amides is 2. The van der Waals surface area contributed by atoms with Crippen LogP contribution in [0, 0.1) is 11.8 Å². The van der Waals surface area contributed by atoms with Crippen molar-refractivity contribution in [3.05, 3.63) is 0 Å². The maximum Gasteiger partial charge on any atom is 0.416 e. The van der Waals surface area contributed by atoms with Crippen molar-refractivity contribution >= 4 is 12.0 Å². The van der Waals surface area contributed by atoms with E-state index in [1.54, 1.807) is 0 Å². The van der Waals surface area contributed by atoms with Crippen molar-refractivity contribution in [2.75, 3.05) is 6.61 Å². The highest BCUT2D eigenvalue weighted by molar-refractivity contribution is 5.93. The molecule has 0 aromatic rings. The minimum Gasteiger partial charge on any atom is -0.447 e. The van der Waals surface area contributed by atoms with Gasteiger partial charge in [0.1, 0.15) is 6.61 Å². The van der Waals surface area contributed by atoms with Crippen LogP contribution in [0.15, 0.2) is 0 Å². The van der Waals surface area contributed by atoms with Gasteiger partial charge in [-0.25, -0.2) is 9.69 Å². The average molecular weight is 255 g/mol. The number of carbonyl (C=O) groups excluding carboxylic acids is 2. The smallest absolute Gasteiger partial charge is 0.416 e. The van der Waals surface area contributed by atoms with E-state index in [1.807, 2.05) is 13.8 Å². The summed E-state index contributed by atoms with van der Waals surface area (Å²) in [5.41, 5.74) is 0. The van der Waals surface area contributed by atoms with E-state index >= 15 is 0 Å². The first-order valence-corrected chi connectivity index (χ1v) is 6.96. The van der Waals surface area contributed by atoms with E-state index < -0.39 is 6.09 Å². The van der Waals surface area contributed by atoms with Crippen molar-refractivity contribution < 1.29 is 14.3 Å². The van der Waals surface area contributed by atoms with E-state index in [0.717, 1.165) is 19.3 Å². The Bertz CT molecular complexity index is 301. The SMILES string of the molecule is CCCC[C@@H](C)CC(=O)N1C(=O)OC[C@@H]1C(C)C. The van der Waals surface area contributed by atoms with E-state index in [1.165, 1.54) is 4.90 Å². The molecular weight excluding hydrogens is 230 g/mol. The molecule has 0 radical (unpaired) electrons. The fourth-order valence-electron chi connectivity index (χ4n) is 2.26. The summed E-state index contributed by atoms with van der Waals surface area (Å²) in [5, 5.41) is 0. The van der Waals surface area contributed by atoms with Gasteiger partial charge in [0.25, 0.3) is 0 Å². The molecule has 1 rings (SSSR count). The molecule has 0 aromatic heterocycles. The fraction of sp³-hybridized carbons (Fsp3) is 0.857. The Morgan fingerprint density at radius 3 is 2.67 bits per heavy atom. The van der Waals surface area contributed by atoms with Crippen molar-refractivity contribution in [3.8, 4) is 0 Å². The Kier molecular flexibility index (Phi) is 5.63. The lowest BCUT2D eigenvalue weighted by Gasteiger charge is -2.23. The molecule has 1 fully saturated rings. The number of unbranched alkanes of at least 4 members (excludes halogenated alkanes) is 1. The summed E-state index contributed by atoms with van der Waals surface area (Å²) in [5.74, 6) is 0.491. The van der Waals surface area contributed by atoms with E-state index in [-0.39, 0.29) is 17.9 Å². The van der Waals surface area contributed by atoms with Gasteiger partial charge in [-0.2, -0.15) is 0 Å². The Balaban J connectivity index is 2.56. The molecule has 1 heterocycles. The van der Waals surface area contributed by atoms with Crippen molar-refractivity contribution in [1.29, 1.82) is 0 Å². The van der Waals surface area contributed by atoms with Crippen LogP contribution < -0.4 is 0 Å². The summed E-state index contributed by atoms with van der Waals surface area (Å²) in [6, 6.07) is -0.0941. The van der Waals surface area contributed by atoms with Gasteiger partial charge in [-0.3, -0.25) is 4.79 Å². The van der Waals surface area contributed by atoms with Gasteiger partial charge in [0.2, 0.25) is 5.91 Å². The molecule has 4 heteroatoms. The van der Waals surface area contributed by atoms with Gasteiger partial charge in [-0.05, 0) is 11.8 Å². The van der Waals surface area contributed by atoms with Gasteiger partial charge < -0.3 is 4.74 Å². The first kappa shape index (κ1) is 15.0. The summed E-state index contributed by atoms with van der Waals surface area (Å²) < 4.78 is 4.99. The second-order valence-electron chi connectivity index (χ2n) is 5.60. The van der Waals surface area contributed by atoms with Gasteiger partial charge in [0.15, 0.2) is 0 Å². The predicted molar refractivity (Wildman–Crippen MR) is 70.1 cm³/mol. The largest absolute Gasteiger partial charge is 0.447 e. The van der Waals surface area contributed by atoms with Crippen LogP contribution in [0.4, 0.5) is 4.79 Å². The van der Waals surface area contributed by atoms with Crippen molar-refractivity contribution in [2.45, 2.75) is 59.4 Å². The van der Waals surface area contributed by atoms with Crippen molar-refractivity contribution in [3.63, 3.8) is 0 Å². The summed E-state index contributed by atoms with van der Waals surface area (Å²) >= 11 is 0. The predicted octanol–water partition coefficient (Wildman–Crippen LogP) is 3.21. The molecule has 1 aliphatic heterocycles. The molecular formula is C14H25NO3. The molecule has 0 unspecified atom stereocenters. The Morgan fingerprint density at radius 2 is 2.11 bits per heavy atom. The maximum absolute atomic E-state index is 12.2. The molecule has 0 spiro atoms. The number of rotatable bonds is 6. The molecule has 4 nitrogen and oxygen atoms in total. The molecule has 1 saturated heterocycles. The Hall–Kier alpha value is -1.06. The number of ether oxygens (including phenoxy) is 1. The highest BCUT2D eigenvalue weighted by atomic mass is 16.6. The number of imide groups is 1. The third-order valence-electron chi connectivity index (χ3n) is 3.52. The topological polar surface area (TPSA) is 46.6 Å². The van der Waals surface area contributed by atoms with Gasteiger partial charge >= 0.3 is 6.09 Å². The first-order chi connectivity index (χ1) is 8.47. The van der Waals surface area contributed by atoms with Gasteiger partial charge in [0, 0.05) is 6.42 Å². The lowest BCUT2D eigenvalue weighted by Crippen LogP contribution is -2.42. The third kappa shape index (κ3) is 3.72. The molecule has 0 bridgehead atoms. The number of hydrogen-bond donors (Lipinski definition) is 0. The first-order valence-electron chi connectivity index (χ1n) is 6.96. The summed E-state index contributed by atoms with van der Waals surface area (Å²) in [4.78, 5) is 25.1. The Morgan fingerprint density at radius 1 is 1.44 bits per heavy atom. The monoisotopic (exact) mass is 255 g/mol. The van der Waals surface area contributed by atoms with Crippen molar-refractivity contribution in [2.24, 2.45) is 11.8 Å². The van der Waals surface area contributed by atoms with Gasteiger partial charge in [-0.1, -0.05) is 47.0 Å². The van der Waals surface area contributed by atoms with Crippen LogP contribution >= 0.6 is 0 Å². The highest BCUT2D eigenvalue weighted by Gasteiger charge is 2.39. The van der Waals surface area contributed by atoms with E-state index in [0.29, 0.717) is 18.9 Å². The second-order valence-corrected chi connectivity index (χ2v) is 5.60. The number of cyclic esters (lactones) is 1. The number of nitrogens with zero attached hydrogens (tertiary/aromatic N) is 1.